The number of hydrogen-bond donors (Lipinski definition) is 0. The average molecular weight is 338 g/mol. The summed E-state index contributed by atoms with van der Waals surface area (Å²) in [5, 5.41) is 2.23. The SMILES string of the molecule is COc1cc(-c2c(Cl)[c]ccc2Cl)c(Cl)c2cccnc12. The summed E-state index contributed by atoms with van der Waals surface area (Å²) in [5.41, 5.74) is 2.02. The van der Waals surface area contributed by atoms with Gasteiger partial charge in [0, 0.05) is 33.8 Å². The molecule has 0 saturated heterocycles. The van der Waals surface area contributed by atoms with Gasteiger partial charge in [0.2, 0.25) is 0 Å². The largest absolute Gasteiger partial charge is 0.494 e. The maximum Gasteiger partial charge on any atom is 0.145 e. The molecule has 0 N–H and O–H groups in total. The second-order valence-corrected chi connectivity index (χ2v) is 5.52. The first-order chi connectivity index (χ1) is 10.1. The lowest BCUT2D eigenvalue weighted by molar-refractivity contribution is 0.419. The van der Waals surface area contributed by atoms with Crippen LogP contribution in [0, 0.1) is 6.07 Å². The molecule has 105 valence electrons. The van der Waals surface area contributed by atoms with Crippen molar-refractivity contribution in [2.45, 2.75) is 0 Å². The van der Waals surface area contributed by atoms with Gasteiger partial charge < -0.3 is 4.74 Å². The van der Waals surface area contributed by atoms with Crippen LogP contribution in [0.15, 0.2) is 36.5 Å². The van der Waals surface area contributed by atoms with Gasteiger partial charge in [0.15, 0.2) is 0 Å². The van der Waals surface area contributed by atoms with E-state index in [1.165, 1.54) is 0 Å². The Hall–Kier alpha value is -1.48. The molecular weight excluding hydrogens is 329 g/mol. The van der Waals surface area contributed by atoms with Crippen LogP contribution in [0.3, 0.4) is 0 Å². The molecule has 0 saturated carbocycles. The van der Waals surface area contributed by atoms with Crippen LogP contribution < -0.4 is 4.74 Å². The molecule has 5 heteroatoms. The molecule has 1 radical (unpaired) electrons. The molecular formula is C16H9Cl3NO. The first kappa shape index (κ1) is 14.5. The zero-order valence-corrected chi connectivity index (χ0v) is 13.2. The van der Waals surface area contributed by atoms with E-state index in [9.17, 15) is 0 Å². The molecule has 2 aromatic carbocycles. The molecule has 0 bridgehead atoms. The van der Waals surface area contributed by atoms with Crippen molar-refractivity contribution in [2.75, 3.05) is 7.11 Å². The van der Waals surface area contributed by atoms with Crippen molar-refractivity contribution >= 4 is 45.7 Å². The van der Waals surface area contributed by atoms with Crippen LogP contribution in [-0.4, -0.2) is 12.1 Å². The van der Waals surface area contributed by atoms with Gasteiger partial charge in [-0.3, -0.25) is 4.98 Å². The van der Waals surface area contributed by atoms with Crippen molar-refractivity contribution in [3.63, 3.8) is 0 Å². The third kappa shape index (κ3) is 2.44. The van der Waals surface area contributed by atoms with Gasteiger partial charge in [-0.1, -0.05) is 40.9 Å². The minimum atomic E-state index is 0.412. The van der Waals surface area contributed by atoms with Gasteiger partial charge in [-0.2, -0.15) is 0 Å². The molecule has 0 aliphatic heterocycles. The highest BCUT2D eigenvalue weighted by atomic mass is 35.5. The standard InChI is InChI=1S/C16H9Cl3NO/c1-21-13-8-10(14-11(17)5-2-6-12(14)18)15(19)9-4-3-7-20-16(9)13/h2-5,7-8H,1H3. The molecule has 0 fully saturated rings. The van der Waals surface area contributed by atoms with Crippen LogP contribution in [-0.2, 0) is 0 Å². The van der Waals surface area contributed by atoms with Gasteiger partial charge in [-0.25, -0.2) is 0 Å². The second-order valence-electron chi connectivity index (χ2n) is 4.35. The predicted octanol–water partition coefficient (Wildman–Crippen LogP) is 5.67. The van der Waals surface area contributed by atoms with Gasteiger partial charge in [-0.05, 0) is 24.3 Å². The molecule has 0 aliphatic carbocycles. The summed E-state index contributed by atoms with van der Waals surface area (Å²) < 4.78 is 5.41. The van der Waals surface area contributed by atoms with E-state index in [-0.39, 0.29) is 0 Å². The molecule has 1 heterocycles. The summed E-state index contributed by atoms with van der Waals surface area (Å²) >= 11 is 19.0. The number of hydrogen-bond acceptors (Lipinski definition) is 2. The van der Waals surface area contributed by atoms with E-state index in [4.69, 9.17) is 39.5 Å². The van der Waals surface area contributed by atoms with Crippen LogP contribution in [0.5, 0.6) is 5.75 Å². The lowest BCUT2D eigenvalue weighted by Crippen LogP contribution is -1.92. The first-order valence-corrected chi connectivity index (χ1v) is 7.24. The topological polar surface area (TPSA) is 22.1 Å². The van der Waals surface area contributed by atoms with E-state index in [2.05, 4.69) is 11.1 Å². The summed E-state index contributed by atoms with van der Waals surface area (Å²) in [6.45, 7) is 0. The highest BCUT2D eigenvalue weighted by Gasteiger charge is 2.17. The summed E-state index contributed by atoms with van der Waals surface area (Å²) in [4.78, 5) is 4.31. The molecule has 0 spiro atoms. The molecule has 2 nitrogen and oxygen atoms in total. The van der Waals surface area contributed by atoms with E-state index in [0.29, 0.717) is 37.5 Å². The Labute approximate surface area is 137 Å². The first-order valence-electron chi connectivity index (χ1n) is 6.10. The summed E-state index contributed by atoms with van der Waals surface area (Å²) in [6, 6.07) is 11.8. The molecule has 0 atom stereocenters. The van der Waals surface area contributed by atoms with E-state index in [0.717, 1.165) is 5.39 Å². The zero-order valence-electron chi connectivity index (χ0n) is 11.0. The van der Waals surface area contributed by atoms with E-state index in [1.54, 1.807) is 31.5 Å². The maximum absolute atomic E-state index is 6.52. The molecule has 0 aliphatic rings. The predicted molar refractivity (Wildman–Crippen MR) is 87.6 cm³/mol. The zero-order chi connectivity index (χ0) is 15.0. The van der Waals surface area contributed by atoms with Crippen molar-refractivity contribution in [2.24, 2.45) is 0 Å². The number of aromatic nitrogens is 1. The van der Waals surface area contributed by atoms with Crippen molar-refractivity contribution in [3.05, 3.63) is 57.7 Å². The molecule has 0 amide bonds. The Morgan fingerprint density at radius 1 is 1.19 bits per heavy atom. The van der Waals surface area contributed by atoms with Crippen molar-refractivity contribution in [3.8, 4) is 16.9 Å². The smallest absolute Gasteiger partial charge is 0.145 e. The van der Waals surface area contributed by atoms with Crippen molar-refractivity contribution in [1.82, 2.24) is 4.98 Å². The van der Waals surface area contributed by atoms with E-state index < -0.39 is 0 Å². The van der Waals surface area contributed by atoms with Crippen molar-refractivity contribution in [1.29, 1.82) is 0 Å². The number of ether oxygens (including phenoxy) is 1. The quantitative estimate of drug-likeness (QED) is 0.601. The van der Waals surface area contributed by atoms with Crippen molar-refractivity contribution < 1.29 is 4.74 Å². The minimum absolute atomic E-state index is 0.412. The van der Waals surface area contributed by atoms with Crippen LogP contribution in [0.1, 0.15) is 0 Å². The Morgan fingerprint density at radius 2 is 2.00 bits per heavy atom. The number of pyridine rings is 1. The van der Waals surface area contributed by atoms with Gasteiger partial charge >= 0.3 is 0 Å². The van der Waals surface area contributed by atoms with Gasteiger partial charge in [-0.15, -0.1) is 0 Å². The molecule has 3 rings (SSSR count). The molecule has 0 unspecified atom stereocenters. The second kappa shape index (κ2) is 5.72. The Balaban J connectivity index is 2.41. The van der Waals surface area contributed by atoms with Gasteiger partial charge in [0.05, 0.1) is 17.2 Å². The molecule has 21 heavy (non-hydrogen) atoms. The molecule has 3 aromatic rings. The third-order valence-corrected chi connectivity index (χ3v) is 4.20. The number of halogens is 3. The van der Waals surface area contributed by atoms with E-state index in [1.807, 2.05) is 12.1 Å². The Kier molecular flexibility index (Phi) is 3.94. The molecule has 1 aromatic heterocycles. The van der Waals surface area contributed by atoms with Crippen LogP contribution in [0.2, 0.25) is 15.1 Å². The number of methoxy groups -OCH3 is 1. The number of rotatable bonds is 2. The monoisotopic (exact) mass is 336 g/mol. The highest BCUT2D eigenvalue weighted by Crippen LogP contribution is 2.43. The highest BCUT2D eigenvalue weighted by molar-refractivity contribution is 6.43. The number of nitrogens with zero attached hydrogens (tertiary/aromatic N) is 1. The summed E-state index contributed by atoms with van der Waals surface area (Å²) in [6.07, 6.45) is 1.69. The summed E-state index contributed by atoms with van der Waals surface area (Å²) in [5.74, 6) is 0.612. The van der Waals surface area contributed by atoms with Crippen LogP contribution >= 0.6 is 34.8 Å². The fraction of sp³-hybridized carbons (Fsp3) is 0.0625. The van der Waals surface area contributed by atoms with Crippen LogP contribution in [0.4, 0.5) is 0 Å². The van der Waals surface area contributed by atoms with Crippen LogP contribution in [0.25, 0.3) is 22.0 Å². The minimum Gasteiger partial charge on any atom is -0.494 e. The fourth-order valence-corrected chi connectivity index (χ4v) is 3.10. The van der Waals surface area contributed by atoms with Gasteiger partial charge in [0.1, 0.15) is 11.3 Å². The lowest BCUT2D eigenvalue weighted by atomic mass is 10.0. The van der Waals surface area contributed by atoms with Gasteiger partial charge in [0.25, 0.3) is 0 Å². The number of fused-ring (bicyclic) bond motifs is 1. The number of benzene rings is 2. The average Bonchev–Trinajstić information content (AvgIpc) is 2.49. The summed E-state index contributed by atoms with van der Waals surface area (Å²) in [7, 11) is 1.58. The fourth-order valence-electron chi connectivity index (χ4n) is 2.22. The maximum atomic E-state index is 6.52. The Morgan fingerprint density at radius 3 is 2.71 bits per heavy atom. The normalized spacial score (nSPS) is 10.9. The third-order valence-electron chi connectivity index (χ3n) is 3.18. The Bertz CT molecular complexity index is 813. The lowest BCUT2D eigenvalue weighted by Gasteiger charge is -2.13. The van der Waals surface area contributed by atoms with E-state index >= 15 is 0 Å².